The van der Waals surface area contributed by atoms with Gasteiger partial charge in [0.15, 0.2) is 6.61 Å². The zero-order valence-corrected chi connectivity index (χ0v) is 18.2. The molecule has 0 aliphatic rings. The summed E-state index contributed by atoms with van der Waals surface area (Å²) >= 11 is 0. The molecule has 0 radical (unpaired) electrons. The summed E-state index contributed by atoms with van der Waals surface area (Å²) in [5, 5.41) is 4.82. The number of nitrogens with one attached hydrogen (secondary N) is 2. The summed E-state index contributed by atoms with van der Waals surface area (Å²) in [4.78, 5) is 35.8. The molecule has 7 nitrogen and oxygen atoms in total. The Hall–Kier alpha value is -4.41. The van der Waals surface area contributed by atoms with Crippen molar-refractivity contribution in [3.8, 4) is 5.75 Å². The molecule has 0 aromatic heterocycles. The maximum absolute atomic E-state index is 14.0. The minimum Gasteiger partial charge on any atom is -0.484 e. The van der Waals surface area contributed by atoms with E-state index >= 15 is 0 Å². The summed E-state index contributed by atoms with van der Waals surface area (Å²) in [6.45, 7) is 0.942. The van der Waals surface area contributed by atoms with Gasteiger partial charge in [-0.2, -0.15) is 13.2 Å². The van der Waals surface area contributed by atoms with Gasteiger partial charge < -0.3 is 21.1 Å². The number of halogens is 4. The van der Waals surface area contributed by atoms with Crippen LogP contribution in [0.15, 0.2) is 60.7 Å². The van der Waals surface area contributed by atoms with Crippen LogP contribution in [0.4, 0.5) is 28.9 Å². The van der Waals surface area contributed by atoms with E-state index in [1.165, 1.54) is 49.4 Å². The molecule has 3 rings (SSSR count). The third-order valence-corrected chi connectivity index (χ3v) is 4.84. The summed E-state index contributed by atoms with van der Waals surface area (Å²) < 4.78 is 57.6. The molecule has 0 spiro atoms. The van der Waals surface area contributed by atoms with E-state index in [-0.39, 0.29) is 33.8 Å². The lowest BCUT2D eigenvalue weighted by atomic mass is 10.1. The predicted octanol–water partition coefficient (Wildman–Crippen LogP) is 4.52. The first-order valence-electron chi connectivity index (χ1n) is 10.1. The largest absolute Gasteiger partial charge is 0.484 e. The molecule has 3 amide bonds. The number of benzene rings is 3. The fourth-order valence-electron chi connectivity index (χ4n) is 2.97. The van der Waals surface area contributed by atoms with Crippen LogP contribution in [0, 0.1) is 12.7 Å². The second kappa shape index (κ2) is 10.2. The van der Waals surface area contributed by atoms with Crippen LogP contribution in [-0.2, 0) is 11.0 Å². The van der Waals surface area contributed by atoms with E-state index in [4.69, 9.17) is 10.5 Å². The summed E-state index contributed by atoms with van der Waals surface area (Å²) in [7, 11) is 0. The standard InChI is InChI=1S/C24H19F4N3O4/c1-13-19(25)9-15(22(29)33)10-20(13)31-23(34)14-5-7-18(8-6-14)35-12-21(32)30-17-4-2-3-16(11-17)24(26,27)28/h2-11H,12H2,1H3,(H2,29,33)(H,30,32)(H,31,34). The molecule has 35 heavy (non-hydrogen) atoms. The SMILES string of the molecule is Cc1c(F)cc(C(N)=O)cc1NC(=O)c1ccc(OCC(=O)Nc2cccc(C(F)(F)F)c2)cc1. The normalized spacial score (nSPS) is 11.0. The Labute approximate surface area is 196 Å². The topological polar surface area (TPSA) is 111 Å². The first kappa shape index (κ1) is 25.2. The number of rotatable bonds is 7. The maximum Gasteiger partial charge on any atom is 0.416 e. The fraction of sp³-hybridized carbons (Fsp3) is 0.125. The second-order valence-electron chi connectivity index (χ2n) is 7.39. The summed E-state index contributed by atoms with van der Waals surface area (Å²) in [5.41, 5.74) is 4.51. The molecule has 3 aromatic carbocycles. The van der Waals surface area contributed by atoms with E-state index < -0.39 is 41.9 Å². The number of alkyl halides is 3. The molecule has 4 N–H and O–H groups in total. The number of amides is 3. The molecule has 0 aliphatic carbocycles. The van der Waals surface area contributed by atoms with Gasteiger partial charge in [-0.3, -0.25) is 14.4 Å². The summed E-state index contributed by atoms with van der Waals surface area (Å²) in [6, 6.07) is 12.0. The minimum atomic E-state index is -4.54. The van der Waals surface area contributed by atoms with Gasteiger partial charge in [-0.05, 0) is 61.5 Å². The molecule has 182 valence electrons. The quantitative estimate of drug-likeness (QED) is 0.424. The summed E-state index contributed by atoms with van der Waals surface area (Å²) in [5.74, 6) is -2.61. The number of ether oxygens (including phenoxy) is 1. The van der Waals surface area contributed by atoms with Gasteiger partial charge in [0, 0.05) is 28.1 Å². The maximum atomic E-state index is 14.0. The molecule has 0 saturated carbocycles. The smallest absolute Gasteiger partial charge is 0.416 e. The highest BCUT2D eigenvalue weighted by Crippen LogP contribution is 2.30. The van der Waals surface area contributed by atoms with Crippen LogP contribution in [0.2, 0.25) is 0 Å². The number of anilines is 2. The van der Waals surface area contributed by atoms with Crippen molar-refractivity contribution in [3.05, 3.63) is 88.7 Å². The van der Waals surface area contributed by atoms with Gasteiger partial charge >= 0.3 is 6.18 Å². The van der Waals surface area contributed by atoms with E-state index in [1.54, 1.807) is 0 Å². The highest BCUT2D eigenvalue weighted by atomic mass is 19.4. The highest BCUT2D eigenvalue weighted by Gasteiger charge is 2.30. The molecule has 0 heterocycles. The van der Waals surface area contributed by atoms with Gasteiger partial charge in [0.25, 0.3) is 11.8 Å². The summed E-state index contributed by atoms with van der Waals surface area (Å²) in [6.07, 6.45) is -4.54. The van der Waals surface area contributed by atoms with Gasteiger partial charge in [-0.15, -0.1) is 0 Å². The molecule has 11 heteroatoms. The van der Waals surface area contributed by atoms with Crippen molar-refractivity contribution in [1.82, 2.24) is 0 Å². The van der Waals surface area contributed by atoms with E-state index in [0.29, 0.717) is 0 Å². The van der Waals surface area contributed by atoms with Crippen molar-refractivity contribution < 1.29 is 36.7 Å². The molecule has 0 bridgehead atoms. The number of nitrogens with two attached hydrogens (primary N) is 1. The lowest BCUT2D eigenvalue weighted by Crippen LogP contribution is -2.20. The first-order chi connectivity index (χ1) is 16.4. The van der Waals surface area contributed by atoms with E-state index in [9.17, 15) is 31.9 Å². The third-order valence-electron chi connectivity index (χ3n) is 4.84. The molecule has 3 aromatic rings. The van der Waals surface area contributed by atoms with Crippen LogP contribution in [0.5, 0.6) is 5.75 Å². The van der Waals surface area contributed by atoms with Crippen LogP contribution in [-0.4, -0.2) is 24.3 Å². The van der Waals surface area contributed by atoms with Gasteiger partial charge in [0.2, 0.25) is 5.91 Å². The van der Waals surface area contributed by atoms with Crippen LogP contribution < -0.4 is 21.1 Å². The zero-order chi connectivity index (χ0) is 25.8. The van der Waals surface area contributed by atoms with Gasteiger partial charge in [-0.1, -0.05) is 6.07 Å². The van der Waals surface area contributed by atoms with Crippen LogP contribution in [0.3, 0.4) is 0 Å². The van der Waals surface area contributed by atoms with Gasteiger partial charge in [0.1, 0.15) is 11.6 Å². The number of hydrogen-bond donors (Lipinski definition) is 3. The Morgan fingerprint density at radius 1 is 0.943 bits per heavy atom. The minimum absolute atomic E-state index is 0.0346. The Bertz CT molecular complexity index is 1270. The lowest BCUT2D eigenvalue weighted by Gasteiger charge is -2.12. The zero-order valence-electron chi connectivity index (χ0n) is 18.2. The second-order valence-corrected chi connectivity index (χ2v) is 7.39. The van der Waals surface area contributed by atoms with Crippen molar-refractivity contribution >= 4 is 29.1 Å². The third kappa shape index (κ3) is 6.56. The van der Waals surface area contributed by atoms with Gasteiger partial charge in [-0.25, -0.2) is 4.39 Å². The van der Waals surface area contributed by atoms with Crippen LogP contribution >= 0.6 is 0 Å². The Balaban J connectivity index is 1.59. The lowest BCUT2D eigenvalue weighted by molar-refractivity contribution is -0.137. The van der Waals surface area contributed by atoms with E-state index in [1.807, 2.05) is 0 Å². The van der Waals surface area contributed by atoms with Crippen molar-refractivity contribution in [2.45, 2.75) is 13.1 Å². The van der Waals surface area contributed by atoms with Crippen molar-refractivity contribution in [3.63, 3.8) is 0 Å². The average molecular weight is 489 g/mol. The number of primary amides is 1. The molecular weight excluding hydrogens is 470 g/mol. The Morgan fingerprint density at radius 3 is 2.26 bits per heavy atom. The van der Waals surface area contributed by atoms with Crippen molar-refractivity contribution in [2.75, 3.05) is 17.2 Å². The molecule has 0 unspecified atom stereocenters. The highest BCUT2D eigenvalue weighted by molar-refractivity contribution is 6.05. The van der Waals surface area contributed by atoms with Gasteiger partial charge in [0.05, 0.1) is 5.56 Å². The average Bonchev–Trinajstić information content (AvgIpc) is 2.80. The Morgan fingerprint density at radius 2 is 1.63 bits per heavy atom. The molecule has 0 atom stereocenters. The van der Waals surface area contributed by atoms with Crippen LogP contribution in [0.25, 0.3) is 0 Å². The van der Waals surface area contributed by atoms with Crippen LogP contribution in [0.1, 0.15) is 31.8 Å². The number of carbonyl (C=O) groups is 3. The fourth-order valence-corrected chi connectivity index (χ4v) is 2.97. The molecule has 0 saturated heterocycles. The van der Waals surface area contributed by atoms with E-state index in [0.717, 1.165) is 18.2 Å². The first-order valence-corrected chi connectivity index (χ1v) is 10.1. The van der Waals surface area contributed by atoms with Crippen molar-refractivity contribution in [1.29, 1.82) is 0 Å². The van der Waals surface area contributed by atoms with E-state index in [2.05, 4.69) is 10.6 Å². The molecule has 0 fully saturated rings. The number of carbonyl (C=O) groups excluding carboxylic acids is 3. The number of hydrogen-bond acceptors (Lipinski definition) is 4. The predicted molar refractivity (Wildman–Crippen MR) is 120 cm³/mol. The molecular formula is C24H19F4N3O4. The van der Waals surface area contributed by atoms with Crippen molar-refractivity contribution in [2.24, 2.45) is 5.73 Å². The monoisotopic (exact) mass is 489 g/mol. The Kier molecular flexibility index (Phi) is 7.38. The molecule has 0 aliphatic heterocycles.